The number of nitrogens with one attached hydrogen (secondary N) is 9. The van der Waals surface area contributed by atoms with E-state index in [0.717, 1.165) is 5.56 Å². The van der Waals surface area contributed by atoms with E-state index in [9.17, 15) is 63.6 Å². The van der Waals surface area contributed by atoms with Gasteiger partial charge in [0.15, 0.2) is 0 Å². The second kappa shape index (κ2) is 33.1. The van der Waals surface area contributed by atoms with E-state index in [2.05, 4.69) is 54.4 Å². The van der Waals surface area contributed by atoms with Gasteiger partial charge in [0.25, 0.3) is 0 Å². The molecule has 0 radical (unpaired) electrons. The molecule has 0 aromatic heterocycles. The van der Waals surface area contributed by atoms with Gasteiger partial charge in [-0.1, -0.05) is 84.9 Å². The highest BCUT2D eigenvalue weighted by Crippen LogP contribution is 2.13. The topological polar surface area (TPSA) is 404 Å². The maximum atomic E-state index is 14.1. The van der Waals surface area contributed by atoms with E-state index in [0.29, 0.717) is 6.42 Å². The summed E-state index contributed by atoms with van der Waals surface area (Å²) in [6.45, 7) is 13.5. The number of aliphatic hydroxyl groups excluding tert-OH is 3. The Labute approximate surface area is 420 Å². The van der Waals surface area contributed by atoms with Crippen molar-refractivity contribution in [3.63, 3.8) is 0 Å². The Morgan fingerprint density at radius 3 is 1.72 bits per heavy atom. The minimum Gasteiger partial charge on any atom is -0.480 e. The number of carbonyl (C=O) groups excluding carboxylic acids is 8. The number of aliphatic hydroxyl groups is 3. The molecular formula is C47H79N11O14. The molecule has 0 fully saturated rings. The van der Waals surface area contributed by atoms with Crippen LogP contribution in [0, 0.1) is 17.8 Å². The number of nitrogens with two attached hydrogens (primary N) is 2. The van der Waals surface area contributed by atoms with Gasteiger partial charge < -0.3 is 84.5 Å². The SMILES string of the molecule is C=C(N)NCCC[C@@H](NC(=O)[C@H](CC(C)C)NC(=O)[C@@H](N)[C@H](O)C(C)C)C(=O)N[C@H](C(=O)N[C@H](C(=O)NCC(=O)N[C@@H](CCCNC(=O)OCc1ccccc1)C(=O)N[C@@H](CO)C(=O)O)[C@H](C)O)[C@@H](C)CC. The molecule has 0 unspecified atom stereocenters. The van der Waals surface area contributed by atoms with E-state index in [4.69, 9.17) is 16.2 Å². The summed E-state index contributed by atoms with van der Waals surface area (Å²) in [5.74, 6) is -8.73. The van der Waals surface area contributed by atoms with E-state index in [1.807, 2.05) is 13.8 Å². The van der Waals surface area contributed by atoms with Crippen molar-refractivity contribution in [1.82, 2.24) is 47.9 Å². The largest absolute Gasteiger partial charge is 0.480 e. The summed E-state index contributed by atoms with van der Waals surface area (Å²) in [6, 6.07) is -1.16. The van der Waals surface area contributed by atoms with Crippen molar-refractivity contribution >= 4 is 53.4 Å². The Kier molecular flexibility index (Phi) is 29.2. The van der Waals surface area contributed by atoms with Crippen molar-refractivity contribution < 1.29 is 68.3 Å². The van der Waals surface area contributed by atoms with Gasteiger partial charge in [-0.3, -0.25) is 33.6 Å². The Bertz CT molecular complexity index is 1940. The fourth-order valence-corrected chi connectivity index (χ4v) is 6.76. The van der Waals surface area contributed by atoms with Gasteiger partial charge in [0.2, 0.25) is 41.4 Å². The monoisotopic (exact) mass is 1020 g/mol. The number of ether oxygens (including phenoxy) is 1. The minimum atomic E-state index is -1.72. The molecule has 0 saturated heterocycles. The first-order chi connectivity index (χ1) is 33.8. The van der Waals surface area contributed by atoms with Crippen LogP contribution in [0.4, 0.5) is 4.79 Å². The number of hydrogen-bond donors (Lipinski definition) is 15. The number of alkyl carbamates (subject to hydrolysis) is 1. The average Bonchev–Trinajstić information content (AvgIpc) is 3.32. The molecule has 1 aromatic carbocycles. The normalized spacial score (nSPS) is 15.3. The molecule has 0 heterocycles. The molecule has 72 heavy (non-hydrogen) atoms. The lowest BCUT2D eigenvalue weighted by atomic mass is 9.96. The summed E-state index contributed by atoms with van der Waals surface area (Å²) >= 11 is 0. The predicted molar refractivity (Wildman–Crippen MR) is 263 cm³/mol. The highest BCUT2D eigenvalue weighted by Gasteiger charge is 2.36. The van der Waals surface area contributed by atoms with Crippen LogP contribution in [0.25, 0.3) is 0 Å². The lowest BCUT2D eigenvalue weighted by Crippen LogP contribution is -2.62. The van der Waals surface area contributed by atoms with Crippen LogP contribution in [0.3, 0.4) is 0 Å². The standard InChI is InChI=1S/C47H79N11O14/c1-9-27(6)37(57-41(64)32(18-13-19-50-29(8)48)54-42(65)33(21-25(2)3)55-43(66)36(49)39(62)26(4)5)45(68)58-38(28(7)60)44(67)52-22-35(61)53-31(40(63)56-34(23-59)46(69)70)17-14-20-51-47(71)72-24-30-15-11-10-12-16-30/h10-12,15-16,25-28,31-34,36-39,50,59-60,62H,8-9,13-14,17-24,48-49H2,1-7H3,(H,51,71)(H,52,67)(H,53,61)(H,54,65)(H,55,66)(H,56,63)(H,57,64)(H,58,68)(H,69,70)/t27-,28-,31-,32+,33-,34-,36-,37-,38-,39+/m0/s1. The molecule has 406 valence electrons. The number of carbonyl (C=O) groups is 9. The second-order valence-corrected chi connectivity index (χ2v) is 18.3. The van der Waals surface area contributed by atoms with E-state index >= 15 is 0 Å². The Morgan fingerprint density at radius 2 is 1.19 bits per heavy atom. The molecule has 0 spiro atoms. The van der Waals surface area contributed by atoms with Crippen molar-refractivity contribution in [3.8, 4) is 0 Å². The molecule has 17 N–H and O–H groups in total. The predicted octanol–water partition coefficient (Wildman–Crippen LogP) is -2.59. The van der Waals surface area contributed by atoms with Gasteiger partial charge in [-0.25, -0.2) is 9.59 Å². The molecule has 25 heteroatoms. The number of aliphatic carboxylic acids is 1. The Hall–Kier alpha value is -6.57. The molecule has 10 atom stereocenters. The lowest BCUT2D eigenvalue weighted by molar-refractivity contribution is -0.143. The first-order valence-electron chi connectivity index (χ1n) is 24.0. The third kappa shape index (κ3) is 24.0. The van der Waals surface area contributed by atoms with Gasteiger partial charge in [0, 0.05) is 13.1 Å². The molecule has 0 aliphatic carbocycles. The number of carboxylic acid groups (broad SMARTS) is 1. The quantitative estimate of drug-likeness (QED) is 0.0315. The van der Waals surface area contributed by atoms with Gasteiger partial charge in [-0.2, -0.15) is 0 Å². The van der Waals surface area contributed by atoms with Crippen molar-refractivity contribution in [1.29, 1.82) is 0 Å². The van der Waals surface area contributed by atoms with E-state index in [1.165, 1.54) is 6.92 Å². The highest BCUT2D eigenvalue weighted by molar-refractivity contribution is 5.97. The van der Waals surface area contributed by atoms with Crippen LogP contribution in [-0.2, 0) is 49.7 Å². The van der Waals surface area contributed by atoms with E-state index in [1.54, 1.807) is 58.0 Å². The molecule has 0 saturated carbocycles. The van der Waals surface area contributed by atoms with Crippen molar-refractivity contribution in [2.45, 2.75) is 148 Å². The minimum absolute atomic E-state index is 0.00615. The zero-order valence-electron chi connectivity index (χ0n) is 42.3. The summed E-state index contributed by atoms with van der Waals surface area (Å²) in [7, 11) is 0. The van der Waals surface area contributed by atoms with Gasteiger partial charge >= 0.3 is 12.1 Å². The Balaban J connectivity index is 3.20. The summed E-state index contributed by atoms with van der Waals surface area (Å²) < 4.78 is 5.15. The fourth-order valence-electron chi connectivity index (χ4n) is 6.76. The first kappa shape index (κ1) is 63.4. The van der Waals surface area contributed by atoms with Gasteiger partial charge in [-0.15, -0.1) is 0 Å². The van der Waals surface area contributed by atoms with E-state index in [-0.39, 0.29) is 69.5 Å². The maximum Gasteiger partial charge on any atom is 0.407 e. The van der Waals surface area contributed by atoms with Crippen LogP contribution in [0.5, 0.6) is 0 Å². The molecule has 25 nitrogen and oxygen atoms in total. The molecule has 1 rings (SSSR count). The zero-order chi connectivity index (χ0) is 54.7. The van der Waals surface area contributed by atoms with Crippen LogP contribution in [-0.4, -0.2) is 155 Å². The first-order valence-corrected chi connectivity index (χ1v) is 24.0. The van der Waals surface area contributed by atoms with Crippen molar-refractivity contribution in [2.75, 3.05) is 26.2 Å². The van der Waals surface area contributed by atoms with Crippen LogP contribution in [0.1, 0.15) is 92.6 Å². The van der Waals surface area contributed by atoms with Crippen molar-refractivity contribution in [3.05, 3.63) is 48.3 Å². The molecule has 0 aliphatic rings. The summed E-state index contributed by atoms with van der Waals surface area (Å²) in [5, 5.41) is 62.3. The number of hydrogen-bond acceptors (Lipinski definition) is 16. The van der Waals surface area contributed by atoms with Crippen LogP contribution < -0.4 is 59.3 Å². The summed E-state index contributed by atoms with van der Waals surface area (Å²) in [5.41, 5.74) is 12.4. The van der Waals surface area contributed by atoms with Gasteiger partial charge in [-0.05, 0) is 62.3 Å². The highest BCUT2D eigenvalue weighted by atomic mass is 16.5. The molecule has 0 aliphatic heterocycles. The number of benzene rings is 1. The molecule has 8 amide bonds. The van der Waals surface area contributed by atoms with Gasteiger partial charge in [0.05, 0.1) is 31.2 Å². The van der Waals surface area contributed by atoms with E-state index < -0.39 is 127 Å². The third-order valence-electron chi connectivity index (χ3n) is 11.2. The molecular weight excluding hydrogens is 943 g/mol. The van der Waals surface area contributed by atoms with Crippen LogP contribution in [0.15, 0.2) is 42.7 Å². The second-order valence-electron chi connectivity index (χ2n) is 18.3. The summed E-state index contributed by atoms with van der Waals surface area (Å²) in [6.07, 6.45) is -2.90. The van der Waals surface area contributed by atoms with Crippen LogP contribution in [0.2, 0.25) is 0 Å². The van der Waals surface area contributed by atoms with Gasteiger partial charge in [0.1, 0.15) is 48.9 Å². The summed E-state index contributed by atoms with van der Waals surface area (Å²) in [4.78, 5) is 118. The maximum absolute atomic E-state index is 14.1. The molecule has 0 bridgehead atoms. The zero-order valence-corrected chi connectivity index (χ0v) is 42.3. The smallest absolute Gasteiger partial charge is 0.407 e. The lowest BCUT2D eigenvalue weighted by Gasteiger charge is -2.30. The average molecular weight is 1020 g/mol. The van der Waals surface area contributed by atoms with Crippen molar-refractivity contribution in [2.24, 2.45) is 29.2 Å². The third-order valence-corrected chi connectivity index (χ3v) is 11.2. The Morgan fingerprint density at radius 1 is 0.667 bits per heavy atom. The number of amides is 8. The number of rotatable bonds is 34. The number of carboxylic acids is 1. The fraction of sp³-hybridized carbons (Fsp3) is 0.638. The van der Waals surface area contributed by atoms with Crippen LogP contribution >= 0.6 is 0 Å². The molecule has 1 aromatic rings.